The summed E-state index contributed by atoms with van der Waals surface area (Å²) in [4.78, 5) is 4.52. The summed E-state index contributed by atoms with van der Waals surface area (Å²) in [6.07, 6.45) is 3.54. The van der Waals surface area contributed by atoms with E-state index in [1.54, 1.807) is 18.4 Å². The van der Waals surface area contributed by atoms with Crippen molar-refractivity contribution in [3.63, 3.8) is 0 Å². The summed E-state index contributed by atoms with van der Waals surface area (Å²) in [6.45, 7) is 3.76. The van der Waals surface area contributed by atoms with Gasteiger partial charge in [0.05, 0.1) is 24.8 Å². The van der Waals surface area contributed by atoms with Crippen LogP contribution in [-0.2, 0) is 23.0 Å². The number of sulfonamides is 1. The van der Waals surface area contributed by atoms with E-state index in [4.69, 9.17) is 4.42 Å². The molecule has 0 unspecified atom stereocenters. The van der Waals surface area contributed by atoms with Gasteiger partial charge in [-0.25, -0.2) is 13.4 Å². The number of para-hydroxylation sites is 1. The molecule has 2 rings (SSSR count). The van der Waals surface area contributed by atoms with Gasteiger partial charge in [-0.1, -0.05) is 18.2 Å². The Kier molecular flexibility index (Phi) is 9.49. The molecule has 9 heteroatoms. The van der Waals surface area contributed by atoms with E-state index in [0.717, 1.165) is 30.5 Å². The standard InChI is InChI=1S/C17H24N4O3S.HI/c1-3-18-17(19-11-10-15-8-6-12-24-15)20-13-14-7-4-5-9-16(14)21-25(2,22)23;/h4-9,12,21H,3,10-11,13H2,1-2H3,(H2,18,19,20);1H. The highest BCUT2D eigenvalue weighted by Crippen LogP contribution is 2.17. The average Bonchev–Trinajstić information content (AvgIpc) is 3.06. The minimum Gasteiger partial charge on any atom is -0.469 e. The van der Waals surface area contributed by atoms with Crippen molar-refractivity contribution in [2.75, 3.05) is 24.1 Å². The molecule has 1 heterocycles. The van der Waals surface area contributed by atoms with Crippen molar-refractivity contribution in [2.24, 2.45) is 4.99 Å². The van der Waals surface area contributed by atoms with E-state index in [1.165, 1.54) is 0 Å². The van der Waals surface area contributed by atoms with E-state index in [9.17, 15) is 8.42 Å². The fourth-order valence-electron chi connectivity index (χ4n) is 2.22. The monoisotopic (exact) mass is 492 g/mol. The Morgan fingerprint density at radius 2 is 1.92 bits per heavy atom. The molecular formula is C17H25IN4O3S. The van der Waals surface area contributed by atoms with E-state index < -0.39 is 10.0 Å². The van der Waals surface area contributed by atoms with Gasteiger partial charge in [-0.15, -0.1) is 24.0 Å². The first kappa shape index (κ1) is 22.3. The molecule has 3 N–H and O–H groups in total. The molecule has 0 fully saturated rings. The van der Waals surface area contributed by atoms with Crippen molar-refractivity contribution < 1.29 is 12.8 Å². The molecule has 1 aromatic heterocycles. The van der Waals surface area contributed by atoms with Gasteiger partial charge in [0.1, 0.15) is 5.76 Å². The molecule has 0 amide bonds. The van der Waals surface area contributed by atoms with Crippen molar-refractivity contribution in [1.29, 1.82) is 0 Å². The van der Waals surface area contributed by atoms with E-state index in [2.05, 4.69) is 20.3 Å². The highest BCUT2D eigenvalue weighted by Gasteiger charge is 2.07. The molecule has 0 aliphatic heterocycles. The number of hydrogen-bond donors (Lipinski definition) is 3. The molecule has 0 saturated carbocycles. The van der Waals surface area contributed by atoms with Crippen molar-refractivity contribution in [1.82, 2.24) is 10.6 Å². The first-order valence-electron chi connectivity index (χ1n) is 8.08. The fourth-order valence-corrected chi connectivity index (χ4v) is 2.82. The van der Waals surface area contributed by atoms with Crippen LogP contribution in [0.25, 0.3) is 0 Å². The van der Waals surface area contributed by atoms with Gasteiger partial charge < -0.3 is 15.1 Å². The summed E-state index contributed by atoms with van der Waals surface area (Å²) in [7, 11) is -3.33. The highest BCUT2D eigenvalue weighted by molar-refractivity contribution is 14.0. The van der Waals surface area contributed by atoms with Gasteiger partial charge in [0.2, 0.25) is 10.0 Å². The third-order valence-electron chi connectivity index (χ3n) is 3.31. The Morgan fingerprint density at radius 1 is 1.15 bits per heavy atom. The van der Waals surface area contributed by atoms with Crippen LogP contribution < -0.4 is 15.4 Å². The topological polar surface area (TPSA) is 95.7 Å². The first-order valence-corrected chi connectivity index (χ1v) is 9.97. The molecule has 26 heavy (non-hydrogen) atoms. The molecule has 0 spiro atoms. The Hall–Kier alpha value is -1.75. The lowest BCUT2D eigenvalue weighted by Crippen LogP contribution is -2.38. The van der Waals surface area contributed by atoms with Crippen molar-refractivity contribution >= 4 is 45.6 Å². The number of benzene rings is 1. The minimum atomic E-state index is -3.33. The maximum atomic E-state index is 11.5. The summed E-state index contributed by atoms with van der Waals surface area (Å²) in [5.74, 6) is 1.58. The second-order valence-corrected chi connectivity index (χ2v) is 7.23. The molecule has 0 bridgehead atoms. The van der Waals surface area contributed by atoms with Crippen LogP contribution in [0.1, 0.15) is 18.2 Å². The number of anilines is 1. The summed E-state index contributed by atoms with van der Waals surface area (Å²) in [5.41, 5.74) is 1.34. The Bertz CT molecular complexity index is 792. The van der Waals surface area contributed by atoms with Crippen molar-refractivity contribution in [3.8, 4) is 0 Å². The van der Waals surface area contributed by atoms with Gasteiger partial charge in [-0.05, 0) is 30.7 Å². The third-order valence-corrected chi connectivity index (χ3v) is 3.90. The van der Waals surface area contributed by atoms with E-state index in [0.29, 0.717) is 24.7 Å². The average molecular weight is 492 g/mol. The molecule has 0 aliphatic carbocycles. The van der Waals surface area contributed by atoms with Crippen molar-refractivity contribution in [2.45, 2.75) is 19.9 Å². The van der Waals surface area contributed by atoms with Crippen LogP contribution >= 0.6 is 24.0 Å². The second kappa shape index (κ2) is 11.1. The summed E-state index contributed by atoms with van der Waals surface area (Å²) in [6, 6.07) is 11.0. The molecular weight excluding hydrogens is 467 g/mol. The smallest absolute Gasteiger partial charge is 0.229 e. The molecule has 7 nitrogen and oxygen atoms in total. The fraction of sp³-hybridized carbons (Fsp3) is 0.353. The Labute approximate surface area is 171 Å². The molecule has 0 radical (unpaired) electrons. The Balaban J connectivity index is 0.00000338. The lowest BCUT2D eigenvalue weighted by molar-refractivity contribution is 0.507. The van der Waals surface area contributed by atoms with Gasteiger partial charge in [-0.3, -0.25) is 4.72 Å². The highest BCUT2D eigenvalue weighted by atomic mass is 127. The zero-order valence-electron chi connectivity index (χ0n) is 14.9. The lowest BCUT2D eigenvalue weighted by atomic mass is 10.2. The SMILES string of the molecule is CCNC(=NCc1ccccc1NS(C)(=O)=O)NCCc1ccco1.I. The van der Waals surface area contributed by atoms with Crippen LogP contribution in [0.3, 0.4) is 0 Å². The second-order valence-electron chi connectivity index (χ2n) is 5.48. The number of rotatable bonds is 8. The molecule has 0 atom stereocenters. The predicted octanol–water partition coefficient (Wildman–Crippen LogP) is 2.57. The largest absolute Gasteiger partial charge is 0.469 e. The number of furan rings is 1. The molecule has 1 aromatic carbocycles. The van der Waals surface area contributed by atoms with Crippen LogP contribution in [0.2, 0.25) is 0 Å². The minimum absolute atomic E-state index is 0. The van der Waals surface area contributed by atoms with Crippen LogP contribution in [0.15, 0.2) is 52.1 Å². The number of nitrogens with one attached hydrogen (secondary N) is 3. The predicted molar refractivity (Wildman–Crippen MR) is 116 cm³/mol. The molecule has 0 aliphatic rings. The van der Waals surface area contributed by atoms with Gasteiger partial charge >= 0.3 is 0 Å². The number of halogens is 1. The summed E-state index contributed by atoms with van der Waals surface area (Å²) >= 11 is 0. The molecule has 144 valence electrons. The number of hydrogen-bond acceptors (Lipinski definition) is 4. The number of guanidine groups is 1. The van der Waals surface area contributed by atoms with Gasteiger partial charge in [0, 0.05) is 19.5 Å². The van der Waals surface area contributed by atoms with E-state index >= 15 is 0 Å². The van der Waals surface area contributed by atoms with Crippen LogP contribution in [0, 0.1) is 0 Å². The number of nitrogens with zero attached hydrogens (tertiary/aromatic N) is 1. The van der Waals surface area contributed by atoms with Crippen LogP contribution in [0.5, 0.6) is 0 Å². The zero-order chi connectivity index (χ0) is 18.1. The quantitative estimate of drug-likeness (QED) is 0.299. The summed E-state index contributed by atoms with van der Waals surface area (Å²) in [5, 5.41) is 6.41. The van der Waals surface area contributed by atoms with Gasteiger partial charge in [-0.2, -0.15) is 0 Å². The first-order chi connectivity index (χ1) is 12.0. The van der Waals surface area contributed by atoms with Crippen LogP contribution in [0.4, 0.5) is 5.69 Å². The van der Waals surface area contributed by atoms with E-state index in [1.807, 2.05) is 31.2 Å². The lowest BCUT2D eigenvalue weighted by Gasteiger charge is -2.12. The van der Waals surface area contributed by atoms with Crippen LogP contribution in [-0.4, -0.2) is 33.7 Å². The van der Waals surface area contributed by atoms with Crippen molar-refractivity contribution in [3.05, 3.63) is 54.0 Å². The zero-order valence-corrected chi connectivity index (χ0v) is 18.0. The third kappa shape index (κ3) is 8.09. The molecule has 2 aromatic rings. The Morgan fingerprint density at radius 3 is 2.58 bits per heavy atom. The van der Waals surface area contributed by atoms with E-state index in [-0.39, 0.29) is 24.0 Å². The van der Waals surface area contributed by atoms with Gasteiger partial charge in [0.15, 0.2) is 5.96 Å². The molecule has 0 saturated heterocycles. The maximum absolute atomic E-state index is 11.5. The number of aliphatic imine (C=N–C) groups is 1. The van der Waals surface area contributed by atoms with Gasteiger partial charge in [0.25, 0.3) is 0 Å². The normalized spacial score (nSPS) is 11.5. The maximum Gasteiger partial charge on any atom is 0.229 e. The summed E-state index contributed by atoms with van der Waals surface area (Å²) < 4.78 is 30.8.